The molecule has 102 valence electrons. The van der Waals surface area contributed by atoms with Crippen molar-refractivity contribution < 1.29 is 9.53 Å². The fourth-order valence-electron chi connectivity index (χ4n) is 2.79. The number of Topliss-reactive ketones (excluding diaryl/α,β-unsaturated/α-hetero) is 1. The van der Waals surface area contributed by atoms with Crippen LogP contribution in [0.25, 0.3) is 0 Å². The summed E-state index contributed by atoms with van der Waals surface area (Å²) in [7, 11) is 0. The van der Waals surface area contributed by atoms with Gasteiger partial charge in [0.25, 0.3) is 0 Å². The predicted molar refractivity (Wildman–Crippen MR) is 79.4 cm³/mol. The minimum atomic E-state index is 0.215. The van der Waals surface area contributed by atoms with Crippen LogP contribution < -0.4 is 4.74 Å². The van der Waals surface area contributed by atoms with Crippen LogP contribution in [0.3, 0.4) is 0 Å². The average Bonchev–Trinajstić information content (AvgIpc) is 2.46. The van der Waals surface area contributed by atoms with E-state index in [0.717, 1.165) is 17.7 Å². The number of rotatable bonds is 5. The summed E-state index contributed by atoms with van der Waals surface area (Å²) in [6.07, 6.45) is 1.63. The van der Waals surface area contributed by atoms with Gasteiger partial charge in [-0.15, -0.1) is 0 Å². The molecule has 0 bridgehead atoms. The highest BCUT2D eigenvalue weighted by molar-refractivity contribution is 5.96. The Morgan fingerprint density at radius 1 is 1.15 bits per heavy atom. The Morgan fingerprint density at radius 2 is 1.90 bits per heavy atom. The van der Waals surface area contributed by atoms with Crippen LogP contribution in [0.1, 0.15) is 40.7 Å². The number of carbonyl (C=O) groups is 1. The van der Waals surface area contributed by atoms with Crippen molar-refractivity contribution in [1.29, 1.82) is 0 Å². The molecule has 0 aliphatic heterocycles. The molecule has 0 heterocycles. The number of ketones is 1. The number of hydrogen-bond donors (Lipinski definition) is 0. The highest BCUT2D eigenvalue weighted by Gasteiger charge is 2.27. The molecule has 0 fully saturated rings. The largest absolute Gasteiger partial charge is 0.494 e. The van der Waals surface area contributed by atoms with Crippen LogP contribution >= 0.6 is 0 Å². The van der Waals surface area contributed by atoms with Crippen LogP contribution in [0.5, 0.6) is 5.75 Å². The Bertz CT molecular complexity index is 614. The van der Waals surface area contributed by atoms with Gasteiger partial charge < -0.3 is 4.74 Å². The van der Waals surface area contributed by atoms with E-state index in [1.54, 1.807) is 0 Å². The molecule has 1 atom stereocenters. The Balaban J connectivity index is 1.66. The molecular formula is C18H18O2. The zero-order chi connectivity index (χ0) is 13.9. The lowest BCUT2D eigenvalue weighted by Crippen LogP contribution is -2.20. The molecule has 1 aliphatic rings. The van der Waals surface area contributed by atoms with Gasteiger partial charge in [0.15, 0.2) is 5.78 Å². The summed E-state index contributed by atoms with van der Waals surface area (Å²) in [6, 6.07) is 15.8. The summed E-state index contributed by atoms with van der Waals surface area (Å²) in [5, 5.41) is 0. The summed E-state index contributed by atoms with van der Waals surface area (Å²) < 4.78 is 5.39. The van der Waals surface area contributed by atoms with Crippen LogP contribution in [0.15, 0.2) is 48.5 Å². The van der Waals surface area contributed by atoms with Crippen molar-refractivity contribution in [3.8, 4) is 5.75 Å². The maximum atomic E-state index is 12.3. The third kappa shape index (κ3) is 2.46. The fraction of sp³-hybridized carbons (Fsp3) is 0.278. The van der Waals surface area contributed by atoms with Gasteiger partial charge in [0, 0.05) is 12.0 Å². The number of carbonyl (C=O) groups excluding carboxylic acids is 1. The summed E-state index contributed by atoms with van der Waals surface area (Å²) in [6.45, 7) is 2.60. The van der Waals surface area contributed by atoms with Crippen LogP contribution in [-0.2, 0) is 6.42 Å². The van der Waals surface area contributed by atoms with Gasteiger partial charge in [-0.2, -0.15) is 0 Å². The number of fused-ring (bicyclic) bond motifs is 1. The van der Waals surface area contributed by atoms with E-state index in [1.807, 2.05) is 37.3 Å². The van der Waals surface area contributed by atoms with Gasteiger partial charge in [0.2, 0.25) is 0 Å². The molecule has 2 aromatic rings. The second kappa shape index (κ2) is 5.49. The van der Waals surface area contributed by atoms with Crippen LogP contribution in [0.4, 0.5) is 0 Å². The molecule has 0 N–H and O–H groups in total. The first kappa shape index (κ1) is 12.9. The molecule has 1 unspecified atom stereocenters. The highest BCUT2D eigenvalue weighted by Crippen LogP contribution is 2.37. The van der Waals surface area contributed by atoms with E-state index in [1.165, 1.54) is 11.1 Å². The lowest BCUT2D eigenvalue weighted by molar-refractivity contribution is 0.0970. The molecule has 0 saturated carbocycles. The summed E-state index contributed by atoms with van der Waals surface area (Å²) in [5.74, 6) is 1.43. The van der Waals surface area contributed by atoms with E-state index >= 15 is 0 Å². The average molecular weight is 266 g/mol. The molecule has 2 nitrogen and oxygen atoms in total. The molecule has 0 saturated heterocycles. The third-order valence-corrected chi connectivity index (χ3v) is 3.88. The van der Waals surface area contributed by atoms with Crippen molar-refractivity contribution in [2.24, 2.45) is 0 Å². The van der Waals surface area contributed by atoms with Gasteiger partial charge >= 0.3 is 0 Å². The van der Waals surface area contributed by atoms with Crippen LogP contribution in [0, 0.1) is 0 Å². The van der Waals surface area contributed by atoms with E-state index in [4.69, 9.17) is 4.74 Å². The second-order valence-electron chi connectivity index (χ2n) is 5.18. The smallest absolute Gasteiger partial charge is 0.163 e. The van der Waals surface area contributed by atoms with E-state index in [0.29, 0.717) is 18.9 Å². The molecule has 0 spiro atoms. The first-order chi connectivity index (χ1) is 9.78. The van der Waals surface area contributed by atoms with Gasteiger partial charge in [-0.1, -0.05) is 24.3 Å². The molecular weight excluding hydrogens is 248 g/mol. The fourth-order valence-corrected chi connectivity index (χ4v) is 2.79. The molecule has 0 aromatic heterocycles. The molecule has 2 heteroatoms. The zero-order valence-corrected chi connectivity index (χ0v) is 11.6. The maximum absolute atomic E-state index is 12.3. The van der Waals surface area contributed by atoms with Crippen molar-refractivity contribution in [3.05, 3.63) is 65.2 Å². The maximum Gasteiger partial charge on any atom is 0.163 e. The topological polar surface area (TPSA) is 26.3 Å². The van der Waals surface area contributed by atoms with E-state index in [-0.39, 0.29) is 5.78 Å². The molecule has 1 aliphatic carbocycles. The first-order valence-electron chi connectivity index (χ1n) is 7.12. The Morgan fingerprint density at radius 3 is 2.60 bits per heavy atom. The third-order valence-electron chi connectivity index (χ3n) is 3.88. The van der Waals surface area contributed by atoms with Crippen molar-refractivity contribution in [2.45, 2.75) is 25.7 Å². The van der Waals surface area contributed by atoms with Gasteiger partial charge in [-0.05, 0) is 54.7 Å². The SMILES string of the molecule is CCOc1ccc(C(=O)CC2Cc3ccccc32)cc1. The summed E-state index contributed by atoms with van der Waals surface area (Å²) in [5.41, 5.74) is 3.50. The van der Waals surface area contributed by atoms with Crippen molar-refractivity contribution in [2.75, 3.05) is 6.61 Å². The van der Waals surface area contributed by atoms with Gasteiger partial charge in [0.05, 0.1) is 6.61 Å². The first-order valence-corrected chi connectivity index (χ1v) is 7.12. The van der Waals surface area contributed by atoms with E-state index < -0.39 is 0 Å². The zero-order valence-electron chi connectivity index (χ0n) is 11.6. The minimum absolute atomic E-state index is 0.215. The Kier molecular flexibility index (Phi) is 3.55. The minimum Gasteiger partial charge on any atom is -0.494 e. The van der Waals surface area contributed by atoms with Crippen LogP contribution in [-0.4, -0.2) is 12.4 Å². The van der Waals surface area contributed by atoms with Gasteiger partial charge in [-0.25, -0.2) is 0 Å². The van der Waals surface area contributed by atoms with Crippen molar-refractivity contribution in [1.82, 2.24) is 0 Å². The van der Waals surface area contributed by atoms with E-state index in [9.17, 15) is 4.79 Å². The number of hydrogen-bond acceptors (Lipinski definition) is 2. The summed E-state index contributed by atoms with van der Waals surface area (Å²) >= 11 is 0. The van der Waals surface area contributed by atoms with Crippen molar-refractivity contribution in [3.63, 3.8) is 0 Å². The molecule has 3 rings (SSSR count). The molecule has 20 heavy (non-hydrogen) atoms. The lowest BCUT2D eigenvalue weighted by Gasteiger charge is -2.29. The second-order valence-corrected chi connectivity index (χ2v) is 5.18. The number of benzene rings is 2. The highest BCUT2D eigenvalue weighted by atomic mass is 16.5. The number of ether oxygens (including phenoxy) is 1. The Labute approximate surface area is 119 Å². The standard InChI is InChI=1S/C18H18O2/c1-2-20-16-9-7-13(8-10-16)18(19)12-15-11-14-5-3-4-6-17(14)15/h3-10,15H,2,11-12H2,1H3. The normalized spacial score (nSPS) is 16.1. The molecule has 0 radical (unpaired) electrons. The lowest BCUT2D eigenvalue weighted by atomic mass is 9.74. The van der Waals surface area contributed by atoms with Crippen molar-refractivity contribution >= 4 is 5.78 Å². The van der Waals surface area contributed by atoms with Crippen LogP contribution in [0.2, 0.25) is 0 Å². The predicted octanol–water partition coefficient (Wildman–Crippen LogP) is 4.00. The Hall–Kier alpha value is -2.09. The molecule has 2 aromatic carbocycles. The molecule has 0 amide bonds. The van der Waals surface area contributed by atoms with Gasteiger partial charge in [0.1, 0.15) is 5.75 Å². The van der Waals surface area contributed by atoms with Gasteiger partial charge in [-0.3, -0.25) is 4.79 Å². The summed E-state index contributed by atoms with van der Waals surface area (Å²) in [4.78, 5) is 12.3. The van der Waals surface area contributed by atoms with E-state index in [2.05, 4.69) is 18.2 Å². The quantitative estimate of drug-likeness (QED) is 0.765. The monoisotopic (exact) mass is 266 g/mol.